The second kappa shape index (κ2) is 10.2. The zero-order valence-corrected chi connectivity index (χ0v) is 18.9. The van der Waals surface area contributed by atoms with E-state index < -0.39 is 0 Å². The lowest BCUT2D eigenvalue weighted by Gasteiger charge is -2.38. The summed E-state index contributed by atoms with van der Waals surface area (Å²) >= 11 is 6.40. The molecule has 30 heavy (non-hydrogen) atoms. The Hall–Kier alpha value is -2.15. The van der Waals surface area contributed by atoms with Crippen molar-refractivity contribution in [1.82, 2.24) is 14.7 Å². The Balaban J connectivity index is 1.63. The van der Waals surface area contributed by atoms with Crippen molar-refractivity contribution in [2.75, 3.05) is 53.0 Å². The highest BCUT2D eigenvalue weighted by Crippen LogP contribution is 2.37. The van der Waals surface area contributed by atoms with Crippen molar-refractivity contribution in [3.05, 3.63) is 22.7 Å². The summed E-state index contributed by atoms with van der Waals surface area (Å²) in [5.74, 6) is 1.14. The summed E-state index contributed by atoms with van der Waals surface area (Å²) in [6, 6.07) is 3.40. The van der Waals surface area contributed by atoms with Crippen molar-refractivity contribution in [2.24, 2.45) is 5.92 Å². The van der Waals surface area contributed by atoms with Crippen molar-refractivity contribution in [3.63, 3.8) is 0 Å². The molecule has 8 heteroatoms. The van der Waals surface area contributed by atoms with Crippen LogP contribution in [0.2, 0.25) is 5.02 Å². The molecule has 0 atom stereocenters. The second-order valence-corrected chi connectivity index (χ2v) is 8.71. The molecule has 1 aromatic rings. The normalized spacial score (nSPS) is 17.3. The van der Waals surface area contributed by atoms with Gasteiger partial charge in [0.1, 0.15) is 0 Å². The van der Waals surface area contributed by atoms with Gasteiger partial charge in [0.2, 0.25) is 0 Å². The molecule has 0 radical (unpaired) electrons. The van der Waals surface area contributed by atoms with Gasteiger partial charge in [0.25, 0.3) is 5.91 Å². The van der Waals surface area contributed by atoms with Gasteiger partial charge in [0.15, 0.2) is 11.5 Å². The SMILES string of the molecule is COc1cc(C(=O)N2CCN(C(=O)N3CCCCC3)CC2)cc(Cl)c1OCC(C)C. The van der Waals surface area contributed by atoms with E-state index in [1.807, 2.05) is 23.6 Å². The lowest BCUT2D eigenvalue weighted by atomic mass is 10.1. The summed E-state index contributed by atoms with van der Waals surface area (Å²) in [5.41, 5.74) is 0.463. The molecule has 7 nitrogen and oxygen atoms in total. The van der Waals surface area contributed by atoms with Gasteiger partial charge in [-0.25, -0.2) is 4.79 Å². The number of methoxy groups -OCH3 is 1. The molecule has 0 aliphatic carbocycles. The molecule has 0 saturated carbocycles. The number of hydrogen-bond donors (Lipinski definition) is 0. The number of amides is 3. The Morgan fingerprint density at radius 1 is 0.967 bits per heavy atom. The van der Waals surface area contributed by atoms with E-state index >= 15 is 0 Å². The Morgan fingerprint density at radius 2 is 1.57 bits per heavy atom. The topological polar surface area (TPSA) is 62.3 Å². The molecule has 2 saturated heterocycles. The molecular weight excluding hydrogens is 406 g/mol. The third kappa shape index (κ3) is 5.31. The summed E-state index contributed by atoms with van der Waals surface area (Å²) in [6.07, 6.45) is 3.34. The molecule has 2 heterocycles. The van der Waals surface area contributed by atoms with E-state index in [2.05, 4.69) is 0 Å². The van der Waals surface area contributed by atoms with E-state index in [4.69, 9.17) is 21.1 Å². The summed E-state index contributed by atoms with van der Waals surface area (Å²) in [4.78, 5) is 31.3. The molecule has 0 N–H and O–H groups in total. The first-order valence-electron chi connectivity index (χ1n) is 10.7. The van der Waals surface area contributed by atoms with E-state index in [1.165, 1.54) is 13.5 Å². The van der Waals surface area contributed by atoms with Gasteiger partial charge >= 0.3 is 6.03 Å². The highest BCUT2D eigenvalue weighted by Gasteiger charge is 2.29. The molecule has 2 aliphatic heterocycles. The molecule has 0 spiro atoms. The number of nitrogens with zero attached hydrogens (tertiary/aromatic N) is 3. The lowest BCUT2D eigenvalue weighted by Crippen LogP contribution is -2.54. The number of carbonyl (C=O) groups excluding carboxylic acids is 2. The van der Waals surface area contributed by atoms with Crippen LogP contribution in [0, 0.1) is 5.92 Å². The highest BCUT2D eigenvalue weighted by atomic mass is 35.5. The van der Waals surface area contributed by atoms with Crippen molar-refractivity contribution < 1.29 is 19.1 Å². The van der Waals surface area contributed by atoms with E-state index in [-0.39, 0.29) is 11.9 Å². The molecule has 0 unspecified atom stereocenters. The number of likely N-dealkylation sites (tertiary alicyclic amines) is 1. The van der Waals surface area contributed by atoms with Crippen LogP contribution in [0.3, 0.4) is 0 Å². The number of rotatable bonds is 5. The van der Waals surface area contributed by atoms with Crippen LogP contribution in [0.4, 0.5) is 4.79 Å². The maximum absolute atomic E-state index is 13.0. The molecule has 166 valence electrons. The number of carbonyl (C=O) groups is 2. The summed E-state index contributed by atoms with van der Waals surface area (Å²) in [6.45, 7) is 8.37. The second-order valence-electron chi connectivity index (χ2n) is 8.30. The molecule has 2 fully saturated rings. The zero-order valence-electron chi connectivity index (χ0n) is 18.2. The fourth-order valence-electron chi connectivity index (χ4n) is 3.80. The van der Waals surface area contributed by atoms with E-state index in [9.17, 15) is 9.59 Å². The summed E-state index contributed by atoms with van der Waals surface area (Å²) in [7, 11) is 1.53. The predicted octanol–water partition coefficient (Wildman–Crippen LogP) is 3.75. The number of piperidine rings is 1. The number of hydrogen-bond acceptors (Lipinski definition) is 4. The first kappa shape index (κ1) is 22.5. The van der Waals surface area contributed by atoms with Gasteiger partial charge in [0.05, 0.1) is 18.7 Å². The number of ether oxygens (including phenoxy) is 2. The van der Waals surface area contributed by atoms with Crippen molar-refractivity contribution in [3.8, 4) is 11.5 Å². The number of piperazine rings is 1. The zero-order chi connectivity index (χ0) is 21.7. The fourth-order valence-corrected chi connectivity index (χ4v) is 4.07. The Morgan fingerprint density at radius 3 is 2.17 bits per heavy atom. The maximum atomic E-state index is 13.0. The number of halogens is 1. The summed E-state index contributed by atoms with van der Waals surface area (Å²) in [5, 5.41) is 0.359. The van der Waals surface area contributed by atoms with E-state index in [0.29, 0.717) is 60.8 Å². The van der Waals surface area contributed by atoms with Gasteiger partial charge in [0, 0.05) is 44.8 Å². The van der Waals surface area contributed by atoms with Gasteiger partial charge < -0.3 is 24.2 Å². The number of urea groups is 1. The fraction of sp³-hybridized carbons (Fsp3) is 0.636. The summed E-state index contributed by atoms with van der Waals surface area (Å²) < 4.78 is 11.2. The average Bonchev–Trinajstić information content (AvgIpc) is 2.77. The van der Waals surface area contributed by atoms with Crippen LogP contribution in [0.5, 0.6) is 11.5 Å². The minimum absolute atomic E-state index is 0.0955. The average molecular weight is 438 g/mol. The smallest absolute Gasteiger partial charge is 0.320 e. The van der Waals surface area contributed by atoms with Crippen LogP contribution < -0.4 is 9.47 Å². The maximum Gasteiger partial charge on any atom is 0.320 e. The third-order valence-electron chi connectivity index (χ3n) is 5.50. The monoisotopic (exact) mass is 437 g/mol. The van der Waals surface area contributed by atoms with Crippen molar-refractivity contribution in [2.45, 2.75) is 33.1 Å². The van der Waals surface area contributed by atoms with Gasteiger partial charge in [-0.15, -0.1) is 0 Å². The van der Waals surface area contributed by atoms with Crippen LogP contribution in [0.15, 0.2) is 12.1 Å². The molecule has 0 aromatic heterocycles. The Kier molecular flexibility index (Phi) is 7.69. The molecule has 0 bridgehead atoms. The lowest BCUT2D eigenvalue weighted by molar-refractivity contribution is 0.0632. The van der Waals surface area contributed by atoms with Crippen LogP contribution in [0.25, 0.3) is 0 Å². The molecule has 2 aliphatic rings. The van der Waals surface area contributed by atoms with Gasteiger partial charge in [-0.05, 0) is 37.3 Å². The first-order valence-corrected chi connectivity index (χ1v) is 11.1. The van der Waals surface area contributed by atoms with Gasteiger partial charge in [-0.2, -0.15) is 0 Å². The van der Waals surface area contributed by atoms with Crippen LogP contribution in [-0.2, 0) is 0 Å². The molecule has 3 rings (SSSR count). The quantitative estimate of drug-likeness (QED) is 0.703. The molecular formula is C22H32ClN3O4. The Bertz CT molecular complexity index is 757. The number of benzene rings is 1. The van der Waals surface area contributed by atoms with Crippen LogP contribution in [0.1, 0.15) is 43.5 Å². The van der Waals surface area contributed by atoms with Crippen LogP contribution in [-0.4, -0.2) is 79.6 Å². The predicted molar refractivity (Wildman–Crippen MR) is 117 cm³/mol. The van der Waals surface area contributed by atoms with Gasteiger partial charge in [-0.3, -0.25) is 4.79 Å². The first-order chi connectivity index (χ1) is 14.4. The third-order valence-corrected chi connectivity index (χ3v) is 5.78. The minimum Gasteiger partial charge on any atom is -0.493 e. The molecule has 3 amide bonds. The molecule has 1 aromatic carbocycles. The van der Waals surface area contributed by atoms with Gasteiger partial charge in [-0.1, -0.05) is 25.4 Å². The van der Waals surface area contributed by atoms with Crippen molar-refractivity contribution in [1.29, 1.82) is 0 Å². The van der Waals surface area contributed by atoms with E-state index in [0.717, 1.165) is 25.9 Å². The van der Waals surface area contributed by atoms with Crippen LogP contribution >= 0.6 is 11.6 Å². The van der Waals surface area contributed by atoms with Crippen molar-refractivity contribution >= 4 is 23.5 Å². The van der Waals surface area contributed by atoms with E-state index in [1.54, 1.807) is 17.0 Å². The largest absolute Gasteiger partial charge is 0.493 e. The minimum atomic E-state index is -0.115. The highest BCUT2D eigenvalue weighted by molar-refractivity contribution is 6.32. The standard InChI is InChI=1S/C22H32ClN3O4/c1-16(2)15-30-20-18(23)13-17(14-19(20)29-3)21(27)24-9-11-26(12-10-24)22(28)25-7-5-4-6-8-25/h13-14,16H,4-12,15H2,1-3H3. The Labute approximate surface area is 183 Å².